The van der Waals surface area contributed by atoms with Crippen LogP contribution in [0.15, 0.2) is 24.3 Å². The van der Waals surface area contributed by atoms with Crippen LogP contribution in [0.4, 0.5) is 13.2 Å². The molecule has 0 spiro atoms. The topological polar surface area (TPSA) is 26.0 Å². The maximum absolute atomic E-state index is 12.4. The van der Waals surface area contributed by atoms with Crippen LogP contribution in [0, 0.1) is 5.92 Å². The molecule has 4 heteroatoms. The average Bonchev–Trinajstić information content (AvgIpc) is 2.22. The summed E-state index contributed by atoms with van der Waals surface area (Å²) in [5, 5.41) is 0. The largest absolute Gasteiger partial charge is 0.416 e. The molecule has 1 aromatic carbocycles. The summed E-state index contributed by atoms with van der Waals surface area (Å²) >= 11 is 0. The zero-order chi connectivity index (χ0) is 12.5. The third kappa shape index (κ3) is 3.00. The highest BCUT2D eigenvalue weighted by Crippen LogP contribution is 2.34. The van der Waals surface area contributed by atoms with E-state index >= 15 is 0 Å². The number of hydrogen-bond donors (Lipinski definition) is 1. The van der Waals surface area contributed by atoms with Gasteiger partial charge in [0.2, 0.25) is 0 Å². The molecule has 0 heterocycles. The van der Waals surface area contributed by atoms with Crippen molar-refractivity contribution in [3.63, 3.8) is 0 Å². The van der Waals surface area contributed by atoms with Gasteiger partial charge in [-0.15, -0.1) is 0 Å². The van der Waals surface area contributed by atoms with Crippen molar-refractivity contribution in [1.82, 2.24) is 0 Å². The van der Waals surface area contributed by atoms with Gasteiger partial charge in [0.25, 0.3) is 0 Å². The van der Waals surface area contributed by atoms with Gasteiger partial charge in [0, 0.05) is 6.04 Å². The van der Waals surface area contributed by atoms with E-state index in [0.29, 0.717) is 5.92 Å². The summed E-state index contributed by atoms with van der Waals surface area (Å²) in [6.45, 7) is 0. The highest BCUT2D eigenvalue weighted by atomic mass is 19.4. The summed E-state index contributed by atoms with van der Waals surface area (Å²) in [5.74, 6) is 0.660. The van der Waals surface area contributed by atoms with Crippen molar-refractivity contribution < 1.29 is 13.2 Å². The van der Waals surface area contributed by atoms with Gasteiger partial charge in [-0.2, -0.15) is 13.2 Å². The van der Waals surface area contributed by atoms with Crippen molar-refractivity contribution in [2.45, 2.75) is 37.9 Å². The average molecular weight is 243 g/mol. The number of benzene rings is 1. The fourth-order valence-corrected chi connectivity index (χ4v) is 2.14. The normalized spacial score (nSPS) is 18.8. The Morgan fingerprint density at radius 2 is 1.76 bits per heavy atom. The first-order valence-corrected chi connectivity index (χ1v) is 5.89. The van der Waals surface area contributed by atoms with Crippen LogP contribution in [0.25, 0.3) is 0 Å². The number of nitrogens with two attached hydrogens (primary N) is 1. The fourth-order valence-electron chi connectivity index (χ4n) is 2.14. The Morgan fingerprint density at radius 3 is 2.18 bits per heavy atom. The molecule has 1 unspecified atom stereocenters. The SMILES string of the molecule is NC(CC1CCC1)c1ccc(C(F)(F)F)cc1. The molecule has 2 rings (SSSR count). The van der Waals surface area contributed by atoms with Crippen LogP contribution in [0.1, 0.15) is 42.9 Å². The molecule has 0 bridgehead atoms. The molecule has 1 aliphatic rings. The molecule has 17 heavy (non-hydrogen) atoms. The summed E-state index contributed by atoms with van der Waals surface area (Å²) in [6.07, 6.45) is 0.273. The molecule has 94 valence electrons. The molecule has 0 aliphatic heterocycles. The molecular weight excluding hydrogens is 227 g/mol. The lowest BCUT2D eigenvalue weighted by molar-refractivity contribution is -0.137. The van der Waals surface area contributed by atoms with E-state index in [9.17, 15) is 13.2 Å². The minimum absolute atomic E-state index is 0.136. The second kappa shape index (κ2) is 4.69. The Hall–Kier alpha value is -1.03. The molecule has 1 atom stereocenters. The van der Waals surface area contributed by atoms with E-state index in [1.54, 1.807) is 0 Å². The molecule has 0 saturated heterocycles. The lowest BCUT2D eigenvalue weighted by Gasteiger charge is -2.28. The lowest BCUT2D eigenvalue weighted by atomic mass is 9.80. The molecule has 0 aromatic heterocycles. The van der Waals surface area contributed by atoms with Crippen molar-refractivity contribution in [2.24, 2.45) is 11.7 Å². The number of rotatable bonds is 3. The first-order valence-electron chi connectivity index (χ1n) is 5.89. The van der Waals surface area contributed by atoms with Crippen LogP contribution in [0.5, 0.6) is 0 Å². The number of hydrogen-bond acceptors (Lipinski definition) is 1. The van der Waals surface area contributed by atoms with Gasteiger partial charge in [0.05, 0.1) is 5.56 Å². The van der Waals surface area contributed by atoms with Gasteiger partial charge in [-0.3, -0.25) is 0 Å². The van der Waals surface area contributed by atoms with E-state index < -0.39 is 11.7 Å². The van der Waals surface area contributed by atoms with Crippen LogP contribution in [-0.2, 0) is 6.18 Å². The van der Waals surface area contributed by atoms with Crippen LogP contribution in [-0.4, -0.2) is 0 Å². The van der Waals surface area contributed by atoms with Gasteiger partial charge < -0.3 is 5.73 Å². The maximum Gasteiger partial charge on any atom is 0.416 e. The zero-order valence-corrected chi connectivity index (χ0v) is 9.50. The quantitative estimate of drug-likeness (QED) is 0.856. The second-order valence-electron chi connectivity index (χ2n) is 4.76. The van der Waals surface area contributed by atoms with Crippen LogP contribution < -0.4 is 5.73 Å². The van der Waals surface area contributed by atoms with Crippen molar-refractivity contribution in [3.8, 4) is 0 Å². The van der Waals surface area contributed by atoms with Crippen LogP contribution in [0.2, 0.25) is 0 Å². The van der Waals surface area contributed by atoms with E-state index in [1.165, 1.54) is 31.4 Å². The molecule has 0 radical (unpaired) electrons. The summed E-state index contributed by atoms with van der Waals surface area (Å²) in [7, 11) is 0. The fraction of sp³-hybridized carbons (Fsp3) is 0.538. The third-order valence-corrected chi connectivity index (χ3v) is 3.48. The molecule has 1 saturated carbocycles. The number of alkyl halides is 3. The monoisotopic (exact) mass is 243 g/mol. The summed E-state index contributed by atoms with van der Waals surface area (Å²) < 4.78 is 37.1. The molecule has 2 N–H and O–H groups in total. The van der Waals surface area contributed by atoms with E-state index in [4.69, 9.17) is 5.73 Å². The predicted molar refractivity (Wildman–Crippen MR) is 60.3 cm³/mol. The Kier molecular flexibility index (Phi) is 3.43. The molecule has 1 aliphatic carbocycles. The summed E-state index contributed by atoms with van der Waals surface area (Å²) in [4.78, 5) is 0. The van der Waals surface area contributed by atoms with Gasteiger partial charge in [-0.1, -0.05) is 31.4 Å². The van der Waals surface area contributed by atoms with Crippen molar-refractivity contribution in [3.05, 3.63) is 35.4 Å². The molecule has 0 amide bonds. The van der Waals surface area contributed by atoms with Gasteiger partial charge in [0.1, 0.15) is 0 Å². The highest BCUT2D eigenvalue weighted by Gasteiger charge is 2.30. The smallest absolute Gasteiger partial charge is 0.324 e. The summed E-state index contributed by atoms with van der Waals surface area (Å²) in [6, 6.07) is 5.06. The van der Waals surface area contributed by atoms with Gasteiger partial charge in [-0.25, -0.2) is 0 Å². The molecule has 1 fully saturated rings. The molecule has 1 aromatic rings. The third-order valence-electron chi connectivity index (χ3n) is 3.48. The van der Waals surface area contributed by atoms with Crippen LogP contribution >= 0.6 is 0 Å². The highest BCUT2D eigenvalue weighted by molar-refractivity contribution is 5.26. The van der Waals surface area contributed by atoms with E-state index in [1.807, 2.05) is 0 Å². The van der Waals surface area contributed by atoms with Gasteiger partial charge in [0.15, 0.2) is 0 Å². The van der Waals surface area contributed by atoms with E-state index in [-0.39, 0.29) is 6.04 Å². The van der Waals surface area contributed by atoms with E-state index in [2.05, 4.69) is 0 Å². The first kappa shape index (κ1) is 12.4. The predicted octanol–water partition coefficient (Wildman–Crippen LogP) is 3.90. The van der Waals surface area contributed by atoms with E-state index in [0.717, 1.165) is 24.1 Å². The maximum atomic E-state index is 12.4. The minimum Gasteiger partial charge on any atom is -0.324 e. The van der Waals surface area contributed by atoms with Crippen LogP contribution in [0.3, 0.4) is 0 Å². The summed E-state index contributed by atoms with van der Waals surface area (Å²) in [5.41, 5.74) is 6.17. The Labute approximate surface area is 98.8 Å². The Bertz CT molecular complexity index is 365. The lowest BCUT2D eigenvalue weighted by Crippen LogP contribution is -2.20. The standard InChI is InChI=1S/C13H16F3N/c14-13(15,16)11-6-4-10(5-7-11)12(17)8-9-2-1-3-9/h4-7,9,12H,1-3,8,17H2. The molecule has 1 nitrogen and oxygen atoms in total. The Morgan fingerprint density at radius 1 is 1.18 bits per heavy atom. The van der Waals surface area contributed by atoms with Crippen molar-refractivity contribution in [1.29, 1.82) is 0 Å². The first-order chi connectivity index (χ1) is 7.97. The van der Waals surface area contributed by atoms with Gasteiger partial charge in [-0.05, 0) is 30.0 Å². The van der Waals surface area contributed by atoms with Crippen molar-refractivity contribution >= 4 is 0 Å². The number of halogens is 3. The van der Waals surface area contributed by atoms with Crippen molar-refractivity contribution in [2.75, 3.05) is 0 Å². The Balaban J connectivity index is 2.01. The van der Waals surface area contributed by atoms with Gasteiger partial charge >= 0.3 is 6.18 Å². The molecular formula is C13H16F3N. The second-order valence-corrected chi connectivity index (χ2v) is 4.76. The zero-order valence-electron chi connectivity index (χ0n) is 9.50. The minimum atomic E-state index is -4.27.